The van der Waals surface area contributed by atoms with Crippen molar-refractivity contribution in [3.8, 4) is 0 Å². The van der Waals surface area contributed by atoms with Gasteiger partial charge in [0.2, 0.25) is 5.91 Å². The minimum Gasteiger partial charge on any atom is -0.310 e. The van der Waals surface area contributed by atoms with E-state index in [-0.39, 0.29) is 18.0 Å². The molecule has 0 bridgehead atoms. The van der Waals surface area contributed by atoms with Gasteiger partial charge in [0.15, 0.2) is 0 Å². The summed E-state index contributed by atoms with van der Waals surface area (Å²) >= 11 is 3.29. The van der Waals surface area contributed by atoms with Gasteiger partial charge in [0.1, 0.15) is 11.5 Å². The largest absolute Gasteiger partial charge is 0.310 e. The summed E-state index contributed by atoms with van der Waals surface area (Å²) in [6, 6.07) is 10.4. The van der Waals surface area contributed by atoms with E-state index in [9.17, 15) is 9.59 Å². The van der Waals surface area contributed by atoms with E-state index in [0.717, 1.165) is 4.47 Å². The second-order valence-electron chi connectivity index (χ2n) is 5.60. The van der Waals surface area contributed by atoms with Gasteiger partial charge in [-0.05, 0) is 47.2 Å². The molecule has 1 amide bonds. The number of aromatic nitrogens is 3. The van der Waals surface area contributed by atoms with Crippen LogP contribution in [0.5, 0.6) is 0 Å². The maximum atomic E-state index is 12.1. The number of hydrogen-bond donors (Lipinski definition) is 1. The first-order chi connectivity index (χ1) is 12.0. The molecule has 0 aliphatic rings. The monoisotopic (exact) mass is 401 g/mol. The van der Waals surface area contributed by atoms with Crippen LogP contribution in [0.15, 0.2) is 58.1 Å². The quantitative estimate of drug-likeness (QED) is 0.706. The molecule has 8 heteroatoms. The minimum atomic E-state index is -0.185. The zero-order chi connectivity index (χ0) is 17.8. The SMILES string of the molecule is CN(CC(=O)Nc1ccc(Br)cn1)Cc1cc(=O)n2ccccc2n1. The fourth-order valence-electron chi connectivity index (χ4n) is 2.39. The van der Waals surface area contributed by atoms with E-state index in [1.807, 2.05) is 6.07 Å². The molecule has 3 aromatic heterocycles. The maximum absolute atomic E-state index is 12.1. The number of amides is 1. The zero-order valence-electron chi connectivity index (χ0n) is 13.5. The molecule has 3 aromatic rings. The van der Waals surface area contributed by atoms with Gasteiger partial charge in [-0.25, -0.2) is 9.97 Å². The van der Waals surface area contributed by atoms with Crippen molar-refractivity contribution >= 4 is 33.3 Å². The van der Waals surface area contributed by atoms with Gasteiger partial charge in [0.05, 0.1) is 12.2 Å². The molecule has 0 atom stereocenters. The van der Waals surface area contributed by atoms with E-state index in [0.29, 0.717) is 23.7 Å². The lowest BCUT2D eigenvalue weighted by Gasteiger charge is -2.16. The van der Waals surface area contributed by atoms with E-state index in [4.69, 9.17) is 0 Å². The van der Waals surface area contributed by atoms with Crippen molar-refractivity contribution in [1.82, 2.24) is 19.3 Å². The summed E-state index contributed by atoms with van der Waals surface area (Å²) in [6.45, 7) is 0.551. The van der Waals surface area contributed by atoms with Crippen LogP contribution in [0, 0.1) is 0 Å². The third-order valence-electron chi connectivity index (χ3n) is 3.46. The third kappa shape index (κ3) is 4.49. The molecule has 0 aliphatic heterocycles. The van der Waals surface area contributed by atoms with Crippen LogP contribution in [0.25, 0.3) is 5.65 Å². The molecule has 128 valence electrons. The summed E-state index contributed by atoms with van der Waals surface area (Å²) in [5.41, 5.74) is 1.06. The number of fused-ring (bicyclic) bond motifs is 1. The van der Waals surface area contributed by atoms with Gasteiger partial charge in [-0.15, -0.1) is 0 Å². The molecule has 0 spiro atoms. The Balaban J connectivity index is 1.64. The van der Waals surface area contributed by atoms with Crippen molar-refractivity contribution in [3.63, 3.8) is 0 Å². The highest BCUT2D eigenvalue weighted by atomic mass is 79.9. The normalized spacial score (nSPS) is 11.0. The number of anilines is 1. The van der Waals surface area contributed by atoms with Crippen molar-refractivity contribution in [3.05, 3.63) is 69.3 Å². The molecule has 7 nitrogen and oxygen atoms in total. The summed E-state index contributed by atoms with van der Waals surface area (Å²) in [6.07, 6.45) is 3.29. The average Bonchev–Trinajstić information content (AvgIpc) is 2.57. The molecule has 0 unspecified atom stereocenters. The Morgan fingerprint density at radius 1 is 1.32 bits per heavy atom. The molecule has 1 N–H and O–H groups in total. The lowest BCUT2D eigenvalue weighted by atomic mass is 10.3. The van der Waals surface area contributed by atoms with Crippen LogP contribution in [-0.2, 0) is 11.3 Å². The highest BCUT2D eigenvalue weighted by Crippen LogP contribution is 2.10. The van der Waals surface area contributed by atoms with Crippen molar-refractivity contribution in [2.24, 2.45) is 0 Å². The van der Waals surface area contributed by atoms with E-state index >= 15 is 0 Å². The van der Waals surface area contributed by atoms with Gasteiger partial charge in [0.25, 0.3) is 5.56 Å². The summed E-state index contributed by atoms with van der Waals surface area (Å²) in [7, 11) is 1.79. The number of nitrogens with zero attached hydrogens (tertiary/aromatic N) is 4. The second kappa shape index (κ2) is 7.54. The van der Waals surface area contributed by atoms with Gasteiger partial charge >= 0.3 is 0 Å². The van der Waals surface area contributed by atoms with Crippen molar-refractivity contribution in [2.45, 2.75) is 6.54 Å². The first-order valence-electron chi connectivity index (χ1n) is 7.58. The third-order valence-corrected chi connectivity index (χ3v) is 3.93. The molecule has 0 radical (unpaired) electrons. The van der Waals surface area contributed by atoms with Gasteiger partial charge in [-0.3, -0.25) is 18.9 Å². The number of carbonyl (C=O) groups is 1. The Bertz CT molecular complexity index is 955. The summed E-state index contributed by atoms with van der Waals surface area (Å²) < 4.78 is 2.33. The smallest absolute Gasteiger partial charge is 0.258 e. The highest BCUT2D eigenvalue weighted by molar-refractivity contribution is 9.10. The number of halogens is 1. The summed E-state index contributed by atoms with van der Waals surface area (Å²) in [4.78, 5) is 34.5. The molecule has 0 saturated carbocycles. The summed E-state index contributed by atoms with van der Waals surface area (Å²) in [5.74, 6) is 0.304. The van der Waals surface area contributed by atoms with Crippen LogP contribution in [0.2, 0.25) is 0 Å². The maximum Gasteiger partial charge on any atom is 0.258 e. The topological polar surface area (TPSA) is 79.6 Å². The minimum absolute atomic E-state index is 0.141. The van der Waals surface area contributed by atoms with Crippen LogP contribution in [0.4, 0.5) is 5.82 Å². The predicted octanol–water partition coefficient (Wildman–Crippen LogP) is 1.92. The van der Waals surface area contributed by atoms with Crippen LogP contribution in [-0.4, -0.2) is 38.8 Å². The van der Waals surface area contributed by atoms with Gasteiger partial charge < -0.3 is 5.32 Å². The highest BCUT2D eigenvalue weighted by Gasteiger charge is 2.10. The number of likely N-dealkylation sites (N-methyl/N-ethyl adjacent to an activating group) is 1. The molecule has 0 fully saturated rings. The van der Waals surface area contributed by atoms with Gasteiger partial charge in [-0.2, -0.15) is 0 Å². The molecular formula is C17H16BrN5O2. The molecule has 3 rings (SSSR count). The molecule has 25 heavy (non-hydrogen) atoms. The Hall–Kier alpha value is -2.58. The van der Waals surface area contributed by atoms with E-state index in [2.05, 4.69) is 31.2 Å². The predicted molar refractivity (Wildman–Crippen MR) is 98.4 cm³/mol. The molecular weight excluding hydrogens is 386 g/mol. The van der Waals surface area contributed by atoms with Crippen LogP contribution < -0.4 is 10.9 Å². The lowest BCUT2D eigenvalue weighted by Crippen LogP contribution is -2.31. The zero-order valence-corrected chi connectivity index (χ0v) is 15.1. The number of rotatable bonds is 5. The van der Waals surface area contributed by atoms with E-state index < -0.39 is 0 Å². The van der Waals surface area contributed by atoms with Gasteiger partial charge in [0, 0.05) is 29.5 Å². The van der Waals surface area contributed by atoms with Crippen molar-refractivity contribution in [1.29, 1.82) is 0 Å². The Morgan fingerprint density at radius 3 is 2.92 bits per heavy atom. The molecule has 3 heterocycles. The first-order valence-corrected chi connectivity index (χ1v) is 8.38. The summed E-state index contributed by atoms with van der Waals surface area (Å²) in [5, 5.41) is 2.73. The Morgan fingerprint density at radius 2 is 2.16 bits per heavy atom. The Kier molecular flexibility index (Phi) is 5.20. The van der Waals surface area contributed by atoms with E-state index in [1.165, 1.54) is 10.5 Å². The Labute approximate surface area is 152 Å². The molecule has 0 saturated heterocycles. The number of hydrogen-bond acceptors (Lipinski definition) is 5. The fourth-order valence-corrected chi connectivity index (χ4v) is 2.63. The number of carbonyl (C=O) groups excluding carboxylic acids is 1. The van der Waals surface area contributed by atoms with Crippen LogP contribution in [0.3, 0.4) is 0 Å². The fraction of sp³-hybridized carbons (Fsp3) is 0.176. The molecule has 0 aliphatic carbocycles. The number of pyridine rings is 2. The first kappa shape index (κ1) is 17.2. The number of nitrogens with one attached hydrogen (secondary N) is 1. The van der Waals surface area contributed by atoms with Gasteiger partial charge in [-0.1, -0.05) is 6.07 Å². The second-order valence-corrected chi connectivity index (χ2v) is 6.51. The standard InChI is InChI=1S/C17H16BrN5O2/c1-22(11-16(24)21-14-6-5-12(18)9-19-14)10-13-8-17(25)23-7-3-2-4-15(23)20-13/h2-9H,10-11H2,1H3,(H,19,21,24). The average molecular weight is 402 g/mol. The van der Waals surface area contributed by atoms with Crippen molar-refractivity contribution in [2.75, 3.05) is 18.9 Å². The molecule has 0 aromatic carbocycles. The lowest BCUT2D eigenvalue weighted by molar-refractivity contribution is -0.117. The van der Waals surface area contributed by atoms with Crippen LogP contribution in [0.1, 0.15) is 5.69 Å². The van der Waals surface area contributed by atoms with Crippen molar-refractivity contribution < 1.29 is 4.79 Å². The van der Waals surface area contributed by atoms with E-state index in [1.54, 1.807) is 48.6 Å². The van der Waals surface area contributed by atoms with Crippen LogP contribution >= 0.6 is 15.9 Å².